The molecular weight excluding hydrogens is 248 g/mol. The molecule has 0 radical (unpaired) electrons. The number of ether oxygens (including phenoxy) is 1. The van der Waals surface area contributed by atoms with Crippen molar-refractivity contribution >= 4 is 5.69 Å². The second-order valence-corrected chi connectivity index (χ2v) is 5.60. The molecule has 1 N–H and O–H groups in total. The average molecular weight is 276 g/mol. The number of fused-ring (bicyclic) bond motifs is 1. The summed E-state index contributed by atoms with van der Waals surface area (Å²) in [7, 11) is 1.78. The van der Waals surface area contributed by atoms with Crippen molar-refractivity contribution in [3.05, 3.63) is 29.3 Å². The first-order valence-corrected chi connectivity index (χ1v) is 7.87. The molecule has 0 aliphatic carbocycles. The fourth-order valence-corrected chi connectivity index (χ4v) is 3.08. The highest BCUT2D eigenvalue weighted by Gasteiger charge is 2.16. The molecule has 1 aliphatic heterocycles. The zero-order valence-electron chi connectivity index (χ0n) is 13.1. The van der Waals surface area contributed by atoms with E-state index in [1.54, 1.807) is 7.11 Å². The van der Waals surface area contributed by atoms with Crippen molar-refractivity contribution in [2.45, 2.75) is 45.7 Å². The minimum absolute atomic E-state index is 0.645. The van der Waals surface area contributed by atoms with Gasteiger partial charge in [0.15, 0.2) is 0 Å². The Hall–Kier alpha value is -1.06. The molecule has 0 saturated heterocycles. The number of benzene rings is 1. The summed E-state index contributed by atoms with van der Waals surface area (Å²) in [5.41, 5.74) is 4.19. The Labute approximate surface area is 123 Å². The Morgan fingerprint density at radius 1 is 1.30 bits per heavy atom. The highest BCUT2D eigenvalue weighted by atomic mass is 16.5. The van der Waals surface area contributed by atoms with Crippen LogP contribution in [0.5, 0.6) is 0 Å². The maximum atomic E-state index is 5.27. The van der Waals surface area contributed by atoms with Crippen molar-refractivity contribution in [3.8, 4) is 0 Å². The van der Waals surface area contributed by atoms with Gasteiger partial charge in [-0.25, -0.2) is 0 Å². The number of nitrogens with zero attached hydrogens (tertiary/aromatic N) is 1. The molecule has 1 aromatic rings. The van der Waals surface area contributed by atoms with Crippen LogP contribution in [0.4, 0.5) is 5.69 Å². The van der Waals surface area contributed by atoms with Crippen LogP contribution in [-0.2, 0) is 17.7 Å². The van der Waals surface area contributed by atoms with Crippen molar-refractivity contribution < 1.29 is 4.74 Å². The van der Waals surface area contributed by atoms with E-state index in [9.17, 15) is 0 Å². The predicted molar refractivity (Wildman–Crippen MR) is 85.3 cm³/mol. The highest BCUT2D eigenvalue weighted by Crippen LogP contribution is 2.24. The third-order valence-corrected chi connectivity index (χ3v) is 4.31. The standard InChI is InChI=1S/C17H28N2O/c1-4-16(5-2)19(10-11-20-3)13-14-6-7-15-8-9-18-17(15)12-14/h6-7,12,16,18H,4-5,8-11,13H2,1-3H3. The lowest BCUT2D eigenvalue weighted by Crippen LogP contribution is -2.36. The molecule has 0 unspecified atom stereocenters. The van der Waals surface area contributed by atoms with Crippen LogP contribution >= 0.6 is 0 Å². The summed E-state index contributed by atoms with van der Waals surface area (Å²) in [5, 5.41) is 3.47. The second-order valence-electron chi connectivity index (χ2n) is 5.60. The van der Waals surface area contributed by atoms with Gasteiger partial charge < -0.3 is 10.1 Å². The van der Waals surface area contributed by atoms with Crippen molar-refractivity contribution in [1.82, 2.24) is 4.90 Å². The van der Waals surface area contributed by atoms with Crippen LogP contribution in [0.2, 0.25) is 0 Å². The van der Waals surface area contributed by atoms with Crippen LogP contribution in [0.15, 0.2) is 18.2 Å². The smallest absolute Gasteiger partial charge is 0.0589 e. The molecule has 1 heterocycles. The van der Waals surface area contributed by atoms with Gasteiger partial charge in [-0.3, -0.25) is 4.90 Å². The normalized spacial score (nSPS) is 13.8. The Morgan fingerprint density at radius 3 is 2.80 bits per heavy atom. The minimum atomic E-state index is 0.645. The van der Waals surface area contributed by atoms with Crippen molar-refractivity contribution in [3.63, 3.8) is 0 Å². The fourth-order valence-electron chi connectivity index (χ4n) is 3.08. The Morgan fingerprint density at radius 2 is 2.10 bits per heavy atom. The van der Waals surface area contributed by atoms with E-state index in [2.05, 4.69) is 42.3 Å². The van der Waals surface area contributed by atoms with Crippen LogP contribution in [-0.4, -0.2) is 37.7 Å². The van der Waals surface area contributed by atoms with Gasteiger partial charge in [-0.15, -0.1) is 0 Å². The lowest BCUT2D eigenvalue weighted by Gasteiger charge is -2.30. The highest BCUT2D eigenvalue weighted by molar-refractivity contribution is 5.57. The summed E-state index contributed by atoms with van der Waals surface area (Å²) in [6.45, 7) is 8.47. The molecule has 1 aromatic carbocycles. The number of hydrogen-bond acceptors (Lipinski definition) is 3. The minimum Gasteiger partial charge on any atom is -0.384 e. The predicted octanol–water partition coefficient (Wildman–Crippen LogP) is 3.29. The molecule has 1 aliphatic rings. The fraction of sp³-hybridized carbons (Fsp3) is 0.647. The third-order valence-electron chi connectivity index (χ3n) is 4.31. The topological polar surface area (TPSA) is 24.5 Å². The third kappa shape index (κ3) is 3.74. The Balaban J connectivity index is 2.06. The average Bonchev–Trinajstić information content (AvgIpc) is 2.93. The van der Waals surface area contributed by atoms with Gasteiger partial charge >= 0.3 is 0 Å². The maximum Gasteiger partial charge on any atom is 0.0589 e. The SMILES string of the molecule is CCC(CC)N(CCOC)Cc1ccc2c(c1)NCC2. The van der Waals surface area contributed by atoms with E-state index < -0.39 is 0 Å². The Kier molecular flexibility index (Phi) is 5.86. The molecule has 0 fully saturated rings. The maximum absolute atomic E-state index is 5.27. The monoisotopic (exact) mass is 276 g/mol. The van der Waals surface area contributed by atoms with Crippen molar-refractivity contribution in [2.75, 3.05) is 32.1 Å². The molecule has 0 bridgehead atoms. The molecule has 0 amide bonds. The number of hydrogen-bond donors (Lipinski definition) is 1. The van der Waals surface area contributed by atoms with E-state index in [1.807, 2.05) is 0 Å². The lowest BCUT2D eigenvalue weighted by atomic mass is 10.1. The molecule has 0 spiro atoms. The number of rotatable bonds is 8. The first kappa shape index (κ1) is 15.3. The van der Waals surface area contributed by atoms with Crippen molar-refractivity contribution in [1.29, 1.82) is 0 Å². The van der Waals surface area contributed by atoms with Crippen LogP contribution in [0.25, 0.3) is 0 Å². The largest absolute Gasteiger partial charge is 0.384 e. The van der Waals surface area contributed by atoms with E-state index in [0.29, 0.717) is 6.04 Å². The summed E-state index contributed by atoms with van der Waals surface area (Å²) >= 11 is 0. The second kappa shape index (κ2) is 7.65. The first-order valence-electron chi connectivity index (χ1n) is 7.87. The van der Waals surface area contributed by atoms with Gasteiger partial charge in [-0.2, -0.15) is 0 Å². The number of anilines is 1. The molecular formula is C17H28N2O. The van der Waals surface area contributed by atoms with Gasteiger partial charge in [0, 0.05) is 38.5 Å². The summed E-state index contributed by atoms with van der Waals surface area (Å²) in [5.74, 6) is 0. The van der Waals surface area contributed by atoms with Gasteiger partial charge in [0.1, 0.15) is 0 Å². The molecule has 20 heavy (non-hydrogen) atoms. The molecule has 0 atom stereocenters. The number of nitrogens with one attached hydrogen (secondary N) is 1. The lowest BCUT2D eigenvalue weighted by molar-refractivity contribution is 0.110. The molecule has 3 nitrogen and oxygen atoms in total. The molecule has 2 rings (SSSR count). The molecule has 112 valence electrons. The van der Waals surface area contributed by atoms with Gasteiger partial charge in [0.25, 0.3) is 0 Å². The summed E-state index contributed by atoms with van der Waals surface area (Å²) < 4.78 is 5.27. The van der Waals surface area contributed by atoms with Crippen LogP contribution in [0.3, 0.4) is 0 Å². The quantitative estimate of drug-likeness (QED) is 0.788. The zero-order chi connectivity index (χ0) is 14.4. The Bertz CT molecular complexity index is 415. The molecule has 3 heteroatoms. The van der Waals surface area contributed by atoms with Crippen LogP contribution < -0.4 is 5.32 Å². The van der Waals surface area contributed by atoms with Gasteiger partial charge in [-0.05, 0) is 36.5 Å². The van der Waals surface area contributed by atoms with Gasteiger partial charge in [-0.1, -0.05) is 26.0 Å². The van der Waals surface area contributed by atoms with E-state index in [-0.39, 0.29) is 0 Å². The molecule has 0 saturated carbocycles. The van der Waals surface area contributed by atoms with Crippen LogP contribution in [0.1, 0.15) is 37.8 Å². The van der Waals surface area contributed by atoms with E-state index in [0.717, 1.165) is 32.7 Å². The number of methoxy groups -OCH3 is 1. The summed E-state index contributed by atoms with van der Waals surface area (Å²) in [6.07, 6.45) is 3.56. The van der Waals surface area contributed by atoms with Gasteiger partial charge in [0.05, 0.1) is 6.61 Å². The van der Waals surface area contributed by atoms with Crippen LogP contribution in [0, 0.1) is 0 Å². The van der Waals surface area contributed by atoms with E-state index in [1.165, 1.54) is 29.7 Å². The molecule has 0 aromatic heterocycles. The first-order chi connectivity index (χ1) is 9.78. The zero-order valence-corrected chi connectivity index (χ0v) is 13.1. The summed E-state index contributed by atoms with van der Waals surface area (Å²) in [6, 6.07) is 7.54. The summed E-state index contributed by atoms with van der Waals surface area (Å²) in [4.78, 5) is 2.56. The van der Waals surface area contributed by atoms with Gasteiger partial charge in [0.2, 0.25) is 0 Å². The van der Waals surface area contributed by atoms with E-state index >= 15 is 0 Å². The van der Waals surface area contributed by atoms with Crippen molar-refractivity contribution in [2.24, 2.45) is 0 Å². The van der Waals surface area contributed by atoms with E-state index in [4.69, 9.17) is 4.74 Å².